The van der Waals surface area contributed by atoms with Crippen molar-refractivity contribution in [3.05, 3.63) is 23.3 Å². The Labute approximate surface area is 129 Å². The first-order valence-electron chi connectivity index (χ1n) is 6.48. The Balaban J connectivity index is 5.02. The second-order valence-electron chi connectivity index (χ2n) is 5.02. The molecule has 0 unspecified atom stereocenters. The Morgan fingerprint density at radius 2 is 1.65 bits per heavy atom. The van der Waals surface area contributed by atoms with Crippen LogP contribution in [0, 0.1) is 10.9 Å². The first kappa shape index (κ1) is 21.1. The number of guanidine groups is 1. The third kappa shape index (κ3) is 11.4. The van der Waals surface area contributed by atoms with Crippen molar-refractivity contribution in [1.29, 1.82) is 10.9 Å². The molecule has 0 amide bonds. The number of allylic oxidation sites excluding steroid dienone is 3. The third-order valence-electron chi connectivity index (χ3n) is 2.72. The molecule has 0 radical (unpaired) electrons. The van der Waals surface area contributed by atoms with Crippen LogP contribution in [0.4, 0.5) is 26.3 Å². The van der Waals surface area contributed by atoms with Crippen molar-refractivity contribution < 1.29 is 26.3 Å². The average Bonchev–Trinajstić information content (AvgIpc) is 2.37. The number of nitrogens with one attached hydrogen (secondary N) is 2. The number of hydrogen-bond acceptors (Lipinski definition) is 2. The SMILES string of the molecule is C/C(=C\C/C(=C\CC(F)(F)F)CN(C)C(=N)N=N)CC(F)(F)F. The van der Waals surface area contributed by atoms with Crippen LogP contribution in [0.1, 0.15) is 26.2 Å². The van der Waals surface area contributed by atoms with E-state index < -0.39 is 31.2 Å². The topological polar surface area (TPSA) is 63.3 Å². The molecule has 0 bridgehead atoms. The molecular formula is C13H18F6N4. The minimum atomic E-state index is -4.43. The fraction of sp³-hybridized carbons (Fsp3) is 0.615. The maximum Gasteiger partial charge on any atom is 0.392 e. The van der Waals surface area contributed by atoms with E-state index in [1.54, 1.807) is 0 Å². The fourth-order valence-electron chi connectivity index (χ4n) is 1.63. The van der Waals surface area contributed by atoms with Gasteiger partial charge >= 0.3 is 12.4 Å². The number of likely N-dealkylation sites (N-methyl/N-ethyl adjacent to an activating group) is 1. The molecule has 4 nitrogen and oxygen atoms in total. The zero-order valence-corrected chi connectivity index (χ0v) is 12.6. The maximum absolute atomic E-state index is 12.3. The number of rotatable bonds is 6. The number of hydrogen-bond donors (Lipinski definition) is 2. The Bertz CT molecular complexity index is 476. The van der Waals surface area contributed by atoms with Gasteiger partial charge in [-0.05, 0) is 13.3 Å². The average molecular weight is 344 g/mol. The molecule has 0 heterocycles. The standard InChI is InChI=1S/C13H18F6N4/c1-9(7-13(17,18)19)3-4-10(5-6-12(14,15)16)8-23(2)11(20)22-21/h3,5,20-21H,4,6-8H2,1-2H3/b9-3+,10-5+,20-11?,22-21?. The van der Waals surface area contributed by atoms with E-state index in [1.165, 1.54) is 20.0 Å². The molecule has 0 rings (SSSR count). The van der Waals surface area contributed by atoms with Crippen LogP contribution in [0.15, 0.2) is 28.4 Å². The molecule has 10 heteroatoms. The maximum atomic E-state index is 12.3. The Morgan fingerprint density at radius 3 is 2.09 bits per heavy atom. The van der Waals surface area contributed by atoms with Gasteiger partial charge in [0.1, 0.15) is 0 Å². The van der Waals surface area contributed by atoms with Gasteiger partial charge in [-0.15, -0.1) is 5.11 Å². The van der Waals surface area contributed by atoms with E-state index in [0.717, 1.165) is 11.0 Å². The van der Waals surface area contributed by atoms with Crippen LogP contribution in [0.25, 0.3) is 0 Å². The van der Waals surface area contributed by atoms with E-state index in [9.17, 15) is 26.3 Å². The quantitative estimate of drug-likeness (QED) is 0.229. The first-order chi connectivity index (χ1) is 10.3. The molecule has 0 atom stereocenters. The van der Waals surface area contributed by atoms with E-state index in [4.69, 9.17) is 10.9 Å². The summed E-state index contributed by atoms with van der Waals surface area (Å²) in [7, 11) is 1.36. The summed E-state index contributed by atoms with van der Waals surface area (Å²) in [6.07, 6.45) is -9.16. The second-order valence-corrected chi connectivity index (χ2v) is 5.02. The molecule has 0 spiro atoms. The van der Waals surface area contributed by atoms with Gasteiger partial charge in [0.05, 0.1) is 12.8 Å². The van der Waals surface area contributed by atoms with E-state index in [2.05, 4.69) is 5.11 Å². The van der Waals surface area contributed by atoms with Crippen LogP contribution in [-0.2, 0) is 0 Å². The Hall–Kier alpha value is -1.87. The monoisotopic (exact) mass is 344 g/mol. The summed E-state index contributed by atoms with van der Waals surface area (Å²) in [5, 5.41) is 10.1. The predicted octanol–water partition coefficient (Wildman–Crippen LogP) is 5.05. The van der Waals surface area contributed by atoms with Crippen molar-refractivity contribution in [1.82, 2.24) is 4.90 Å². The van der Waals surface area contributed by atoms with Crippen molar-refractivity contribution in [3.63, 3.8) is 0 Å². The summed E-state index contributed by atoms with van der Waals surface area (Å²) in [4.78, 5) is 1.13. The van der Waals surface area contributed by atoms with Crippen molar-refractivity contribution in [3.8, 4) is 0 Å². The van der Waals surface area contributed by atoms with Gasteiger partial charge in [-0.25, -0.2) is 5.53 Å². The van der Waals surface area contributed by atoms with E-state index in [0.29, 0.717) is 0 Å². The van der Waals surface area contributed by atoms with Crippen LogP contribution in [-0.4, -0.2) is 36.8 Å². The van der Waals surface area contributed by atoms with Gasteiger partial charge in [0.25, 0.3) is 0 Å². The Kier molecular flexibility index (Phi) is 7.98. The van der Waals surface area contributed by atoms with E-state index >= 15 is 0 Å². The lowest BCUT2D eigenvalue weighted by atomic mass is 10.1. The van der Waals surface area contributed by atoms with Crippen molar-refractivity contribution in [2.75, 3.05) is 13.6 Å². The largest absolute Gasteiger partial charge is 0.392 e. The van der Waals surface area contributed by atoms with Crippen molar-refractivity contribution in [2.45, 2.75) is 38.5 Å². The number of alkyl halides is 6. The molecule has 0 saturated heterocycles. The van der Waals surface area contributed by atoms with Crippen LogP contribution in [0.2, 0.25) is 0 Å². The fourth-order valence-corrected chi connectivity index (χ4v) is 1.63. The molecule has 0 aromatic heterocycles. The lowest BCUT2D eigenvalue weighted by molar-refractivity contribution is -0.127. The molecule has 0 saturated carbocycles. The summed E-state index contributed by atoms with van der Waals surface area (Å²) in [5.41, 5.74) is 6.87. The molecule has 132 valence electrons. The normalized spacial score (nSPS) is 13.9. The summed E-state index contributed by atoms with van der Waals surface area (Å²) in [6.45, 7) is 1.12. The van der Waals surface area contributed by atoms with Gasteiger partial charge in [0, 0.05) is 13.6 Å². The molecule has 0 aromatic rings. The minimum Gasteiger partial charge on any atom is -0.339 e. The molecular weight excluding hydrogens is 326 g/mol. The molecule has 23 heavy (non-hydrogen) atoms. The minimum absolute atomic E-state index is 0.00156. The van der Waals surface area contributed by atoms with Gasteiger partial charge < -0.3 is 4.90 Å². The van der Waals surface area contributed by atoms with Crippen LogP contribution >= 0.6 is 0 Å². The van der Waals surface area contributed by atoms with Crippen molar-refractivity contribution >= 4 is 5.96 Å². The first-order valence-corrected chi connectivity index (χ1v) is 6.48. The van der Waals surface area contributed by atoms with Gasteiger partial charge in [0.2, 0.25) is 5.96 Å². The summed E-state index contributed by atoms with van der Waals surface area (Å²) in [5.74, 6) is -0.459. The molecule has 0 fully saturated rings. The zero-order valence-electron chi connectivity index (χ0n) is 12.6. The van der Waals surface area contributed by atoms with E-state index in [1.807, 2.05) is 0 Å². The predicted molar refractivity (Wildman–Crippen MR) is 73.3 cm³/mol. The molecule has 0 aliphatic rings. The molecule has 0 aliphatic carbocycles. The zero-order chi connectivity index (χ0) is 18.3. The lowest BCUT2D eigenvalue weighted by Gasteiger charge is -2.18. The highest BCUT2D eigenvalue weighted by molar-refractivity contribution is 5.76. The highest BCUT2D eigenvalue weighted by atomic mass is 19.4. The van der Waals surface area contributed by atoms with Crippen LogP contribution in [0.5, 0.6) is 0 Å². The van der Waals surface area contributed by atoms with Gasteiger partial charge in [-0.1, -0.05) is 23.3 Å². The van der Waals surface area contributed by atoms with E-state index in [-0.39, 0.29) is 24.1 Å². The highest BCUT2D eigenvalue weighted by Gasteiger charge is 2.27. The summed E-state index contributed by atoms with van der Waals surface area (Å²) >= 11 is 0. The van der Waals surface area contributed by atoms with Gasteiger partial charge in [-0.2, -0.15) is 26.3 Å². The smallest absolute Gasteiger partial charge is 0.339 e. The van der Waals surface area contributed by atoms with Crippen LogP contribution in [0.3, 0.4) is 0 Å². The van der Waals surface area contributed by atoms with Crippen LogP contribution < -0.4 is 0 Å². The summed E-state index contributed by atoms with van der Waals surface area (Å²) < 4.78 is 73.5. The third-order valence-corrected chi connectivity index (χ3v) is 2.72. The highest BCUT2D eigenvalue weighted by Crippen LogP contribution is 2.25. The van der Waals surface area contributed by atoms with Gasteiger partial charge in [0.15, 0.2) is 0 Å². The lowest BCUT2D eigenvalue weighted by Crippen LogP contribution is -2.26. The Morgan fingerprint density at radius 1 is 1.09 bits per heavy atom. The molecule has 0 aliphatic heterocycles. The van der Waals surface area contributed by atoms with Gasteiger partial charge in [-0.3, -0.25) is 5.41 Å². The number of halogens is 6. The molecule has 0 aromatic carbocycles. The molecule has 2 N–H and O–H groups in total. The van der Waals surface area contributed by atoms with Crippen molar-refractivity contribution in [2.24, 2.45) is 5.11 Å². The summed E-state index contributed by atoms with van der Waals surface area (Å²) in [6, 6.07) is 0. The second kappa shape index (κ2) is 8.68. The number of nitrogens with zero attached hydrogens (tertiary/aromatic N) is 2.